The molecule has 1 aromatic rings. The van der Waals surface area contributed by atoms with E-state index in [9.17, 15) is 18.7 Å². The lowest BCUT2D eigenvalue weighted by molar-refractivity contribution is -0.145. The van der Waals surface area contributed by atoms with Gasteiger partial charge < -0.3 is 5.11 Å². The minimum atomic E-state index is -1.41. The van der Waals surface area contributed by atoms with Crippen LogP contribution in [-0.4, -0.2) is 17.1 Å². The number of carbonyl (C=O) groups is 1. The van der Waals surface area contributed by atoms with Crippen molar-refractivity contribution >= 4 is 5.97 Å². The molecule has 0 heterocycles. The molecule has 1 aliphatic carbocycles. The van der Waals surface area contributed by atoms with Gasteiger partial charge in [0.1, 0.15) is 5.54 Å². The van der Waals surface area contributed by atoms with Gasteiger partial charge in [0, 0.05) is 6.04 Å². The number of carboxylic acids is 1. The van der Waals surface area contributed by atoms with Gasteiger partial charge in [0.05, 0.1) is 0 Å². The van der Waals surface area contributed by atoms with Gasteiger partial charge in [-0.1, -0.05) is 31.7 Å². The van der Waals surface area contributed by atoms with Crippen molar-refractivity contribution in [2.75, 3.05) is 0 Å². The SMILES string of the molecule is CC(NC1CCCCCC1)(C(=O)O)c1ccc(F)c(F)c1. The standard InChI is InChI=1S/C16H21F2NO2/c1-16(15(20)21,11-8-9-13(17)14(18)10-11)19-12-6-4-2-3-5-7-12/h8-10,12,19H,2-7H2,1H3,(H,20,21). The number of benzene rings is 1. The first kappa shape index (κ1) is 15.9. The molecule has 1 saturated carbocycles. The Labute approximate surface area is 123 Å². The molecule has 116 valence electrons. The van der Waals surface area contributed by atoms with Crippen molar-refractivity contribution < 1.29 is 18.7 Å². The Balaban J connectivity index is 2.26. The summed E-state index contributed by atoms with van der Waals surface area (Å²) in [5.41, 5.74) is -1.18. The Morgan fingerprint density at radius 1 is 1.19 bits per heavy atom. The van der Waals surface area contributed by atoms with Gasteiger partial charge in [-0.15, -0.1) is 0 Å². The highest BCUT2D eigenvalue weighted by atomic mass is 19.2. The largest absolute Gasteiger partial charge is 0.480 e. The van der Waals surface area contributed by atoms with Crippen LogP contribution in [0.15, 0.2) is 18.2 Å². The van der Waals surface area contributed by atoms with E-state index in [-0.39, 0.29) is 11.6 Å². The summed E-state index contributed by atoms with van der Waals surface area (Å²) in [7, 11) is 0. The molecule has 21 heavy (non-hydrogen) atoms. The molecule has 3 nitrogen and oxygen atoms in total. The van der Waals surface area contributed by atoms with Crippen molar-refractivity contribution in [1.82, 2.24) is 5.32 Å². The molecule has 0 amide bonds. The summed E-state index contributed by atoms with van der Waals surface area (Å²) in [6, 6.07) is 3.35. The monoisotopic (exact) mass is 297 g/mol. The van der Waals surface area contributed by atoms with E-state index < -0.39 is 23.1 Å². The Morgan fingerprint density at radius 2 is 1.81 bits per heavy atom. The van der Waals surface area contributed by atoms with Crippen molar-refractivity contribution in [1.29, 1.82) is 0 Å². The molecule has 1 unspecified atom stereocenters. The van der Waals surface area contributed by atoms with Crippen LogP contribution in [0.25, 0.3) is 0 Å². The number of nitrogens with one attached hydrogen (secondary N) is 1. The molecule has 1 atom stereocenters. The van der Waals surface area contributed by atoms with Crippen LogP contribution >= 0.6 is 0 Å². The van der Waals surface area contributed by atoms with Crippen LogP contribution in [0.1, 0.15) is 51.0 Å². The number of hydrogen-bond acceptors (Lipinski definition) is 2. The highest BCUT2D eigenvalue weighted by Crippen LogP contribution is 2.27. The minimum absolute atomic E-state index is 0.0849. The molecular weight excluding hydrogens is 276 g/mol. The lowest BCUT2D eigenvalue weighted by Crippen LogP contribution is -2.51. The van der Waals surface area contributed by atoms with Gasteiger partial charge in [0.15, 0.2) is 11.6 Å². The molecule has 5 heteroatoms. The van der Waals surface area contributed by atoms with Gasteiger partial charge in [-0.25, -0.2) is 13.6 Å². The zero-order chi connectivity index (χ0) is 15.5. The fourth-order valence-electron chi connectivity index (χ4n) is 2.91. The third kappa shape index (κ3) is 3.59. The quantitative estimate of drug-likeness (QED) is 0.835. The normalized spacial score (nSPS) is 19.8. The Morgan fingerprint density at radius 3 is 2.33 bits per heavy atom. The molecule has 1 aromatic carbocycles. The molecule has 2 rings (SSSR count). The van der Waals surface area contributed by atoms with Gasteiger partial charge in [0.25, 0.3) is 0 Å². The number of carboxylic acid groups (broad SMARTS) is 1. The lowest BCUT2D eigenvalue weighted by atomic mass is 9.90. The summed E-state index contributed by atoms with van der Waals surface area (Å²) in [4.78, 5) is 11.7. The fraction of sp³-hybridized carbons (Fsp3) is 0.562. The molecule has 0 aliphatic heterocycles. The molecule has 0 bridgehead atoms. The zero-order valence-electron chi connectivity index (χ0n) is 12.2. The Kier molecular flexibility index (Phi) is 4.93. The van der Waals surface area contributed by atoms with Gasteiger partial charge in [0.2, 0.25) is 0 Å². The van der Waals surface area contributed by atoms with Crippen LogP contribution in [0.5, 0.6) is 0 Å². The Bertz CT molecular complexity index is 513. The third-order valence-corrected chi connectivity index (χ3v) is 4.27. The smallest absolute Gasteiger partial charge is 0.328 e. The van der Waals surface area contributed by atoms with Crippen LogP contribution < -0.4 is 5.32 Å². The summed E-state index contributed by atoms with van der Waals surface area (Å²) >= 11 is 0. The van der Waals surface area contributed by atoms with E-state index in [4.69, 9.17) is 0 Å². The molecular formula is C16H21F2NO2. The van der Waals surface area contributed by atoms with E-state index in [0.29, 0.717) is 0 Å². The number of aliphatic carboxylic acids is 1. The summed E-state index contributed by atoms with van der Waals surface area (Å²) in [5, 5.41) is 12.7. The number of hydrogen-bond donors (Lipinski definition) is 2. The summed E-state index contributed by atoms with van der Waals surface area (Å²) in [5.74, 6) is -3.08. The van der Waals surface area contributed by atoms with E-state index in [1.54, 1.807) is 0 Å². The van der Waals surface area contributed by atoms with Crippen LogP contribution in [0.4, 0.5) is 8.78 Å². The summed E-state index contributed by atoms with van der Waals surface area (Å²) < 4.78 is 26.5. The van der Waals surface area contributed by atoms with E-state index in [2.05, 4.69) is 5.32 Å². The van der Waals surface area contributed by atoms with Crippen molar-refractivity contribution in [3.63, 3.8) is 0 Å². The van der Waals surface area contributed by atoms with Crippen molar-refractivity contribution in [3.8, 4) is 0 Å². The van der Waals surface area contributed by atoms with Crippen LogP contribution in [0.3, 0.4) is 0 Å². The molecule has 0 radical (unpaired) electrons. The first-order chi connectivity index (χ1) is 9.93. The Hall–Kier alpha value is -1.49. The molecule has 1 fully saturated rings. The van der Waals surface area contributed by atoms with Crippen molar-refractivity contribution in [3.05, 3.63) is 35.4 Å². The maximum Gasteiger partial charge on any atom is 0.328 e. The third-order valence-electron chi connectivity index (χ3n) is 4.27. The van der Waals surface area contributed by atoms with Gasteiger partial charge >= 0.3 is 5.97 Å². The first-order valence-corrected chi connectivity index (χ1v) is 7.40. The average Bonchev–Trinajstić information content (AvgIpc) is 2.70. The van der Waals surface area contributed by atoms with E-state index in [0.717, 1.165) is 50.7 Å². The van der Waals surface area contributed by atoms with E-state index in [1.807, 2.05) is 0 Å². The second-order valence-corrected chi connectivity index (χ2v) is 5.89. The van der Waals surface area contributed by atoms with Crippen molar-refractivity contribution in [2.45, 2.75) is 57.0 Å². The number of halogens is 2. The second-order valence-electron chi connectivity index (χ2n) is 5.89. The van der Waals surface area contributed by atoms with Crippen LogP contribution in [0, 0.1) is 11.6 Å². The summed E-state index contributed by atoms with van der Waals surface area (Å²) in [6.07, 6.45) is 6.26. The average molecular weight is 297 g/mol. The lowest BCUT2D eigenvalue weighted by Gasteiger charge is -2.32. The maximum absolute atomic E-state index is 13.4. The van der Waals surface area contributed by atoms with Gasteiger partial charge in [-0.2, -0.15) is 0 Å². The predicted octanol–water partition coefficient (Wildman–Crippen LogP) is 3.58. The van der Waals surface area contributed by atoms with Crippen molar-refractivity contribution in [2.24, 2.45) is 0 Å². The molecule has 1 aliphatic rings. The van der Waals surface area contributed by atoms with Gasteiger partial charge in [-0.3, -0.25) is 5.32 Å². The highest BCUT2D eigenvalue weighted by Gasteiger charge is 2.37. The first-order valence-electron chi connectivity index (χ1n) is 7.40. The molecule has 0 spiro atoms. The van der Waals surface area contributed by atoms with E-state index in [1.165, 1.54) is 13.0 Å². The zero-order valence-corrected chi connectivity index (χ0v) is 12.2. The topological polar surface area (TPSA) is 49.3 Å². The second kappa shape index (κ2) is 6.52. The fourth-order valence-corrected chi connectivity index (χ4v) is 2.91. The van der Waals surface area contributed by atoms with Crippen LogP contribution in [-0.2, 0) is 10.3 Å². The number of rotatable bonds is 4. The molecule has 0 aromatic heterocycles. The van der Waals surface area contributed by atoms with Crippen LogP contribution in [0.2, 0.25) is 0 Å². The molecule has 2 N–H and O–H groups in total. The maximum atomic E-state index is 13.4. The molecule has 0 saturated heterocycles. The minimum Gasteiger partial charge on any atom is -0.480 e. The highest BCUT2D eigenvalue weighted by molar-refractivity contribution is 5.80. The van der Waals surface area contributed by atoms with Gasteiger partial charge in [-0.05, 0) is 37.5 Å². The summed E-state index contributed by atoms with van der Waals surface area (Å²) in [6.45, 7) is 1.51. The predicted molar refractivity (Wildman–Crippen MR) is 76.0 cm³/mol. The van der Waals surface area contributed by atoms with E-state index >= 15 is 0 Å².